The molecule has 0 aliphatic carbocycles. The van der Waals surface area contributed by atoms with Crippen molar-refractivity contribution in [2.24, 2.45) is 0 Å². The van der Waals surface area contributed by atoms with E-state index in [-0.39, 0.29) is 5.75 Å². The molecule has 0 fully saturated rings. The van der Waals surface area contributed by atoms with Crippen LogP contribution in [0, 0.1) is 5.82 Å². The predicted octanol–water partition coefficient (Wildman–Crippen LogP) is 3.57. The highest BCUT2D eigenvalue weighted by Crippen LogP contribution is 2.28. The Balaban J connectivity index is 2.30. The van der Waals surface area contributed by atoms with Crippen LogP contribution in [0.4, 0.5) is 4.39 Å². The molecule has 19 heavy (non-hydrogen) atoms. The topological polar surface area (TPSA) is 38.0 Å². The monoisotopic (exact) mass is 256 g/mol. The fourth-order valence-electron chi connectivity index (χ4n) is 2.29. The molecule has 1 heterocycles. The third-order valence-corrected chi connectivity index (χ3v) is 3.16. The molecule has 3 aromatic rings. The summed E-state index contributed by atoms with van der Waals surface area (Å²) < 4.78 is 15.9. The van der Waals surface area contributed by atoms with Gasteiger partial charge in [-0.05, 0) is 31.2 Å². The lowest BCUT2D eigenvalue weighted by molar-refractivity contribution is 0.469. The summed E-state index contributed by atoms with van der Waals surface area (Å²) in [6.45, 7) is 2.70. The second-order valence-corrected chi connectivity index (χ2v) is 4.33. The Morgan fingerprint density at radius 3 is 2.74 bits per heavy atom. The summed E-state index contributed by atoms with van der Waals surface area (Å²) in [6.07, 6.45) is 0. The smallest absolute Gasteiger partial charge is 0.144 e. The lowest BCUT2D eigenvalue weighted by Gasteiger charge is -2.07. The molecule has 0 aliphatic heterocycles. The summed E-state index contributed by atoms with van der Waals surface area (Å²) in [5.41, 5.74) is 2.22. The minimum Gasteiger partial charge on any atom is -0.508 e. The molecular formula is C15H13FN2O. The molecule has 0 saturated heterocycles. The van der Waals surface area contributed by atoms with E-state index in [2.05, 4.69) is 4.98 Å². The maximum absolute atomic E-state index is 14.0. The molecule has 3 nitrogen and oxygen atoms in total. The number of benzene rings is 2. The van der Waals surface area contributed by atoms with Crippen LogP contribution < -0.4 is 0 Å². The normalized spacial score (nSPS) is 11.1. The number of halogens is 1. The molecule has 0 radical (unpaired) electrons. The minimum atomic E-state index is -0.468. The number of nitrogens with zero attached hydrogens (tertiary/aromatic N) is 2. The summed E-state index contributed by atoms with van der Waals surface area (Å²) >= 11 is 0. The average Bonchev–Trinajstić information content (AvgIpc) is 2.76. The maximum Gasteiger partial charge on any atom is 0.144 e. The van der Waals surface area contributed by atoms with Gasteiger partial charge in [0.05, 0.1) is 16.6 Å². The number of imidazole rings is 1. The molecule has 3 rings (SSSR count). The van der Waals surface area contributed by atoms with Gasteiger partial charge in [-0.1, -0.05) is 12.1 Å². The van der Waals surface area contributed by atoms with E-state index in [0.717, 1.165) is 17.1 Å². The fraction of sp³-hybridized carbons (Fsp3) is 0.133. The van der Waals surface area contributed by atoms with Crippen LogP contribution in [-0.4, -0.2) is 14.7 Å². The van der Waals surface area contributed by atoms with Gasteiger partial charge in [-0.15, -0.1) is 0 Å². The van der Waals surface area contributed by atoms with Gasteiger partial charge in [-0.3, -0.25) is 0 Å². The lowest BCUT2D eigenvalue weighted by atomic mass is 10.2. The van der Waals surface area contributed by atoms with E-state index in [1.165, 1.54) is 6.07 Å². The van der Waals surface area contributed by atoms with Crippen molar-refractivity contribution in [1.29, 1.82) is 0 Å². The second kappa shape index (κ2) is 4.39. The first-order valence-corrected chi connectivity index (χ1v) is 6.15. The lowest BCUT2D eigenvalue weighted by Crippen LogP contribution is -1.98. The Bertz CT molecular complexity index is 749. The highest BCUT2D eigenvalue weighted by Gasteiger charge is 2.14. The van der Waals surface area contributed by atoms with Crippen LogP contribution in [0.3, 0.4) is 0 Å². The largest absolute Gasteiger partial charge is 0.508 e. The third kappa shape index (κ3) is 1.85. The molecule has 0 spiro atoms. The molecule has 2 aromatic carbocycles. The number of phenols is 1. The number of aryl methyl sites for hydroxylation is 1. The van der Waals surface area contributed by atoms with Gasteiger partial charge in [0.2, 0.25) is 0 Å². The fourth-order valence-corrected chi connectivity index (χ4v) is 2.29. The molecule has 0 saturated carbocycles. The van der Waals surface area contributed by atoms with Crippen LogP contribution in [0.25, 0.3) is 22.4 Å². The predicted molar refractivity (Wildman–Crippen MR) is 72.5 cm³/mol. The molecule has 1 N–H and O–H groups in total. The number of rotatable bonds is 2. The van der Waals surface area contributed by atoms with Crippen molar-refractivity contribution in [1.82, 2.24) is 9.55 Å². The van der Waals surface area contributed by atoms with Gasteiger partial charge < -0.3 is 9.67 Å². The van der Waals surface area contributed by atoms with Gasteiger partial charge in [-0.2, -0.15) is 0 Å². The van der Waals surface area contributed by atoms with Crippen molar-refractivity contribution in [2.75, 3.05) is 0 Å². The van der Waals surface area contributed by atoms with E-state index in [0.29, 0.717) is 17.9 Å². The van der Waals surface area contributed by atoms with Crippen molar-refractivity contribution in [3.8, 4) is 17.1 Å². The van der Waals surface area contributed by atoms with Crippen molar-refractivity contribution in [3.63, 3.8) is 0 Å². The summed E-state index contributed by atoms with van der Waals surface area (Å²) in [5, 5.41) is 9.28. The van der Waals surface area contributed by atoms with Crippen LogP contribution in [0.1, 0.15) is 6.92 Å². The van der Waals surface area contributed by atoms with Gasteiger partial charge in [-0.25, -0.2) is 9.37 Å². The number of hydrogen-bond acceptors (Lipinski definition) is 2. The zero-order valence-electron chi connectivity index (χ0n) is 10.5. The van der Waals surface area contributed by atoms with Crippen LogP contribution in [0.5, 0.6) is 5.75 Å². The molecular weight excluding hydrogens is 243 g/mol. The van der Waals surface area contributed by atoms with Crippen LogP contribution in [0.15, 0.2) is 42.5 Å². The molecule has 1 aromatic heterocycles. The first kappa shape index (κ1) is 11.7. The Kier molecular flexibility index (Phi) is 2.71. The number of phenolic OH excluding ortho intramolecular Hbond substituents is 1. The minimum absolute atomic E-state index is 0.0830. The first-order chi connectivity index (χ1) is 9.20. The standard InChI is InChI=1S/C15H13FN2O/c1-2-18-14-6-4-3-5-13(14)17-15(18)11-8-7-10(19)9-12(11)16/h3-9,19H,2H2,1H3. The van der Waals surface area contributed by atoms with Gasteiger partial charge in [0.1, 0.15) is 17.4 Å². The number of hydrogen-bond donors (Lipinski definition) is 1. The SMILES string of the molecule is CCn1c(-c2ccc(O)cc2F)nc2ccccc21. The molecule has 0 aliphatic rings. The molecule has 4 heteroatoms. The molecule has 0 unspecified atom stereocenters. The quantitative estimate of drug-likeness (QED) is 0.761. The zero-order valence-corrected chi connectivity index (χ0v) is 10.5. The Morgan fingerprint density at radius 2 is 2.00 bits per heavy atom. The summed E-state index contributed by atoms with van der Waals surface area (Å²) in [4.78, 5) is 4.49. The summed E-state index contributed by atoms with van der Waals surface area (Å²) in [7, 11) is 0. The molecule has 0 bridgehead atoms. The molecule has 0 atom stereocenters. The average molecular weight is 256 g/mol. The summed E-state index contributed by atoms with van der Waals surface area (Å²) in [5.74, 6) is 0.0339. The highest BCUT2D eigenvalue weighted by molar-refractivity contribution is 5.80. The van der Waals surface area contributed by atoms with Gasteiger partial charge >= 0.3 is 0 Å². The maximum atomic E-state index is 14.0. The van der Waals surface area contributed by atoms with E-state index in [1.54, 1.807) is 6.07 Å². The van der Waals surface area contributed by atoms with E-state index >= 15 is 0 Å². The summed E-state index contributed by atoms with van der Waals surface area (Å²) in [6, 6.07) is 11.8. The number of aromatic hydroxyl groups is 1. The van der Waals surface area contributed by atoms with E-state index in [1.807, 2.05) is 35.8 Å². The third-order valence-electron chi connectivity index (χ3n) is 3.16. The van der Waals surface area contributed by atoms with Crippen molar-refractivity contribution < 1.29 is 9.50 Å². The van der Waals surface area contributed by atoms with Crippen LogP contribution >= 0.6 is 0 Å². The Labute approximate surface area is 109 Å². The number of para-hydroxylation sites is 2. The number of fused-ring (bicyclic) bond motifs is 1. The van der Waals surface area contributed by atoms with Gasteiger partial charge in [0, 0.05) is 12.6 Å². The highest BCUT2D eigenvalue weighted by atomic mass is 19.1. The van der Waals surface area contributed by atoms with E-state index in [9.17, 15) is 9.50 Å². The Hall–Kier alpha value is -2.36. The van der Waals surface area contributed by atoms with Crippen molar-refractivity contribution in [3.05, 3.63) is 48.3 Å². The van der Waals surface area contributed by atoms with Crippen LogP contribution in [0.2, 0.25) is 0 Å². The number of aromatic nitrogens is 2. The van der Waals surface area contributed by atoms with Gasteiger partial charge in [0.25, 0.3) is 0 Å². The zero-order chi connectivity index (χ0) is 13.4. The molecule has 0 amide bonds. The second-order valence-electron chi connectivity index (χ2n) is 4.33. The first-order valence-electron chi connectivity index (χ1n) is 6.15. The van der Waals surface area contributed by atoms with Crippen molar-refractivity contribution >= 4 is 11.0 Å². The Morgan fingerprint density at radius 1 is 1.21 bits per heavy atom. The van der Waals surface area contributed by atoms with E-state index in [4.69, 9.17) is 0 Å². The van der Waals surface area contributed by atoms with E-state index < -0.39 is 5.82 Å². The van der Waals surface area contributed by atoms with Gasteiger partial charge in [0.15, 0.2) is 0 Å². The van der Waals surface area contributed by atoms with Crippen molar-refractivity contribution in [2.45, 2.75) is 13.5 Å². The molecule has 96 valence electrons. The van der Waals surface area contributed by atoms with Crippen LogP contribution in [-0.2, 0) is 6.54 Å².